The number of hydrogen-bond acceptors (Lipinski definition) is 3. The maximum absolute atomic E-state index is 13.1. The largest absolute Gasteiger partial charge is 0.351 e. The lowest BCUT2D eigenvalue weighted by Gasteiger charge is -2.38. The van der Waals surface area contributed by atoms with Crippen LogP contribution in [0.1, 0.15) is 74.3 Å². The number of rotatable bonds is 3. The van der Waals surface area contributed by atoms with Crippen molar-refractivity contribution in [3.05, 3.63) is 60.7 Å². The number of aryl methyl sites for hydroxylation is 2. The van der Waals surface area contributed by atoms with Crippen molar-refractivity contribution in [2.24, 2.45) is 17.6 Å². The van der Waals surface area contributed by atoms with E-state index in [1.165, 1.54) is 16.7 Å². The Morgan fingerprint density at radius 2 is 1.61 bits per heavy atom. The summed E-state index contributed by atoms with van der Waals surface area (Å²) in [4.78, 5) is 33.2. The van der Waals surface area contributed by atoms with Gasteiger partial charge in [-0.05, 0) is 101 Å². The highest BCUT2D eigenvalue weighted by molar-refractivity contribution is 9.10. The molecule has 2 aliphatic heterocycles. The van der Waals surface area contributed by atoms with E-state index in [-0.39, 0.29) is 17.9 Å². The number of primary amides is 1. The first-order valence-corrected chi connectivity index (χ1v) is 15.7. The summed E-state index contributed by atoms with van der Waals surface area (Å²) in [6, 6.07) is 5.95. The van der Waals surface area contributed by atoms with E-state index in [1.54, 1.807) is 4.90 Å². The zero-order valence-electron chi connectivity index (χ0n) is 22.2. The first kappa shape index (κ1) is 29.3. The van der Waals surface area contributed by atoms with Gasteiger partial charge in [0, 0.05) is 58.7 Å². The van der Waals surface area contributed by atoms with Gasteiger partial charge in [-0.1, -0.05) is 41.4 Å². The molecule has 0 spiro atoms. The van der Waals surface area contributed by atoms with Gasteiger partial charge in [0.1, 0.15) is 0 Å². The number of nitrogens with zero attached hydrogens (tertiary/aromatic N) is 3. The van der Waals surface area contributed by atoms with Crippen LogP contribution in [-0.4, -0.2) is 52.9 Å². The lowest BCUT2D eigenvalue weighted by molar-refractivity contribution is -0.134. The molecule has 0 radical (unpaired) electrons. The molecule has 3 heterocycles. The number of aromatic nitrogens is 1. The second-order valence-electron chi connectivity index (χ2n) is 10.3. The summed E-state index contributed by atoms with van der Waals surface area (Å²) >= 11 is 13.9. The van der Waals surface area contributed by atoms with E-state index in [0.29, 0.717) is 31.3 Å². The van der Waals surface area contributed by atoms with E-state index in [9.17, 15) is 9.59 Å². The van der Waals surface area contributed by atoms with Crippen LogP contribution in [0.4, 0.5) is 4.79 Å². The van der Waals surface area contributed by atoms with Crippen molar-refractivity contribution in [2.75, 3.05) is 26.2 Å². The third-order valence-corrected chi connectivity index (χ3v) is 9.48. The Morgan fingerprint density at radius 3 is 2.26 bits per heavy atom. The first-order chi connectivity index (χ1) is 18.3. The van der Waals surface area contributed by atoms with Crippen LogP contribution in [0.25, 0.3) is 0 Å². The summed E-state index contributed by atoms with van der Waals surface area (Å²) in [5.41, 5.74) is 10.4. The fraction of sp³-hybridized carbons (Fsp3) is 0.552. The molecule has 2 aromatic rings. The summed E-state index contributed by atoms with van der Waals surface area (Å²) in [6.07, 6.45) is 7.92. The number of hydrogen-bond donors (Lipinski definition) is 1. The van der Waals surface area contributed by atoms with E-state index < -0.39 is 0 Å². The van der Waals surface area contributed by atoms with Gasteiger partial charge in [0.05, 0.1) is 5.69 Å². The molecular formula is C29H37Br2ClN4O2. The van der Waals surface area contributed by atoms with Crippen LogP contribution in [-0.2, 0) is 17.6 Å². The zero-order valence-corrected chi connectivity index (χ0v) is 26.1. The molecule has 1 aromatic carbocycles. The Bertz CT molecular complexity index is 1160. The Balaban J connectivity index is 0.00000164. The molecule has 206 valence electrons. The molecule has 1 aliphatic carbocycles. The molecule has 2 fully saturated rings. The molecule has 1 atom stereocenters. The highest BCUT2D eigenvalue weighted by Crippen LogP contribution is 2.46. The third-order valence-electron chi connectivity index (χ3n) is 8.17. The maximum Gasteiger partial charge on any atom is 0.314 e. The molecule has 6 nitrogen and oxygen atoms in total. The van der Waals surface area contributed by atoms with Gasteiger partial charge in [-0.3, -0.25) is 9.78 Å². The van der Waals surface area contributed by atoms with Crippen LogP contribution in [0.5, 0.6) is 0 Å². The monoisotopic (exact) mass is 666 g/mol. The SMILES string of the molecule is CC.NC(=O)N1CCC(CC(=O)N2CCC([C@H]3c4ncc(Br)cc4CCc4cc(Cl)cc(Br)c43)CC2)CC1. The number of piperidine rings is 2. The zero-order chi connectivity index (χ0) is 27.4. The molecule has 3 aliphatic rings. The molecule has 0 unspecified atom stereocenters. The number of halogens is 3. The average molecular weight is 669 g/mol. The van der Waals surface area contributed by atoms with Gasteiger partial charge in [-0.15, -0.1) is 0 Å². The fourth-order valence-electron chi connectivity index (χ4n) is 6.25. The first-order valence-electron chi connectivity index (χ1n) is 13.7. The number of benzene rings is 1. The van der Waals surface area contributed by atoms with Crippen LogP contribution in [0.15, 0.2) is 33.3 Å². The number of likely N-dealkylation sites (tertiary alicyclic amines) is 2. The summed E-state index contributed by atoms with van der Waals surface area (Å²) in [7, 11) is 0. The van der Waals surface area contributed by atoms with Crippen LogP contribution in [0.3, 0.4) is 0 Å². The van der Waals surface area contributed by atoms with E-state index in [4.69, 9.17) is 22.3 Å². The molecule has 5 rings (SSSR count). The van der Waals surface area contributed by atoms with Crippen molar-refractivity contribution in [1.82, 2.24) is 14.8 Å². The van der Waals surface area contributed by atoms with Crippen molar-refractivity contribution in [3.63, 3.8) is 0 Å². The number of pyridine rings is 1. The number of urea groups is 1. The summed E-state index contributed by atoms with van der Waals surface area (Å²) in [5.74, 6) is 1.14. The predicted molar refractivity (Wildman–Crippen MR) is 159 cm³/mol. The molecule has 3 amide bonds. The number of fused-ring (bicyclic) bond motifs is 2. The lowest BCUT2D eigenvalue weighted by atomic mass is 9.76. The van der Waals surface area contributed by atoms with Gasteiger partial charge >= 0.3 is 6.03 Å². The summed E-state index contributed by atoms with van der Waals surface area (Å²) in [5, 5.41) is 0.751. The van der Waals surface area contributed by atoms with Crippen molar-refractivity contribution in [3.8, 4) is 0 Å². The molecule has 1 aromatic heterocycles. The number of carbonyl (C=O) groups excluding carboxylic acids is 2. The number of carbonyl (C=O) groups is 2. The Hall–Kier alpha value is -1.64. The van der Waals surface area contributed by atoms with Crippen molar-refractivity contribution in [1.29, 1.82) is 0 Å². The summed E-state index contributed by atoms with van der Waals surface area (Å²) in [6.45, 7) is 6.84. The normalized spacial score (nSPS) is 20.1. The van der Waals surface area contributed by atoms with Gasteiger partial charge in [-0.2, -0.15) is 0 Å². The minimum absolute atomic E-state index is 0.174. The van der Waals surface area contributed by atoms with Gasteiger partial charge in [0.2, 0.25) is 5.91 Å². The minimum atomic E-state index is -0.362. The van der Waals surface area contributed by atoms with E-state index >= 15 is 0 Å². The standard InChI is InChI=1S/C27H31Br2ClN4O2.C2H6/c28-20-12-19-2-1-18-13-21(30)14-22(29)24(18)25(26(19)32-15-20)17-5-9-33(10-6-17)23(35)11-16-3-7-34(8-4-16)27(31)36;1-2/h12-17,25H,1-11H2,(H2,31,36);1-2H3/t25-;/m1./s1. The average Bonchev–Trinajstić information content (AvgIpc) is 3.07. The molecule has 2 saturated heterocycles. The van der Waals surface area contributed by atoms with Crippen molar-refractivity contribution < 1.29 is 9.59 Å². The molecule has 38 heavy (non-hydrogen) atoms. The molecule has 2 N–H and O–H groups in total. The molecule has 0 saturated carbocycles. The predicted octanol–water partition coefficient (Wildman–Crippen LogP) is 6.94. The highest BCUT2D eigenvalue weighted by atomic mass is 79.9. The third kappa shape index (κ3) is 6.56. The molecule has 0 bridgehead atoms. The van der Waals surface area contributed by atoms with Gasteiger partial charge in [-0.25, -0.2) is 4.79 Å². The van der Waals surface area contributed by atoms with Crippen LogP contribution in [0, 0.1) is 11.8 Å². The quantitative estimate of drug-likeness (QED) is 0.385. The van der Waals surface area contributed by atoms with Gasteiger partial charge < -0.3 is 15.5 Å². The molecular weight excluding hydrogens is 632 g/mol. The second kappa shape index (κ2) is 13.1. The van der Waals surface area contributed by atoms with Gasteiger partial charge in [0.25, 0.3) is 0 Å². The van der Waals surface area contributed by atoms with Crippen molar-refractivity contribution >= 4 is 55.4 Å². The molecule has 9 heteroatoms. The van der Waals surface area contributed by atoms with Crippen LogP contribution >= 0.6 is 43.5 Å². The Labute approximate surface area is 247 Å². The Kier molecular flexibility index (Phi) is 10.1. The van der Waals surface area contributed by atoms with E-state index in [1.807, 2.05) is 31.0 Å². The fourth-order valence-corrected chi connectivity index (χ4v) is 7.75. The lowest BCUT2D eigenvalue weighted by Crippen LogP contribution is -2.44. The smallest absolute Gasteiger partial charge is 0.314 e. The Morgan fingerprint density at radius 1 is 0.974 bits per heavy atom. The second-order valence-corrected chi connectivity index (χ2v) is 12.5. The van der Waals surface area contributed by atoms with Crippen LogP contribution < -0.4 is 5.73 Å². The highest BCUT2D eigenvalue weighted by Gasteiger charge is 2.36. The summed E-state index contributed by atoms with van der Waals surface area (Å²) < 4.78 is 2.05. The van der Waals surface area contributed by atoms with Crippen LogP contribution in [0.2, 0.25) is 5.02 Å². The number of amides is 3. The van der Waals surface area contributed by atoms with E-state index in [0.717, 1.165) is 71.3 Å². The maximum atomic E-state index is 13.1. The number of nitrogens with two attached hydrogens (primary N) is 1. The van der Waals surface area contributed by atoms with Gasteiger partial charge in [0.15, 0.2) is 0 Å². The van der Waals surface area contributed by atoms with E-state index in [2.05, 4.69) is 44.0 Å². The topological polar surface area (TPSA) is 79.5 Å². The minimum Gasteiger partial charge on any atom is -0.351 e. The van der Waals surface area contributed by atoms with Crippen molar-refractivity contribution in [2.45, 2.75) is 64.7 Å².